The summed E-state index contributed by atoms with van der Waals surface area (Å²) >= 11 is 3.29. The molecule has 108 valence electrons. The number of esters is 1. The number of urea groups is 1. The highest BCUT2D eigenvalue weighted by Gasteiger charge is 2.10. The first-order chi connectivity index (χ1) is 9.51. The fourth-order valence-electron chi connectivity index (χ4n) is 1.33. The quantitative estimate of drug-likeness (QED) is 0.791. The van der Waals surface area contributed by atoms with Crippen molar-refractivity contribution in [3.05, 3.63) is 34.3 Å². The molecule has 0 saturated carbocycles. The maximum absolute atomic E-state index is 11.5. The molecule has 1 aromatic rings. The molecule has 0 fully saturated rings. The Morgan fingerprint density at radius 1 is 1.20 bits per heavy atom. The van der Waals surface area contributed by atoms with Crippen molar-refractivity contribution in [1.29, 1.82) is 0 Å². The number of hydrogen-bond acceptors (Lipinski definition) is 4. The van der Waals surface area contributed by atoms with Crippen LogP contribution in [0, 0.1) is 0 Å². The van der Waals surface area contributed by atoms with Crippen molar-refractivity contribution in [2.45, 2.75) is 13.3 Å². The molecule has 7 heteroatoms. The van der Waals surface area contributed by atoms with Crippen molar-refractivity contribution >= 4 is 33.8 Å². The zero-order chi connectivity index (χ0) is 15.0. The first-order valence-corrected chi connectivity index (χ1v) is 6.78. The van der Waals surface area contributed by atoms with Crippen molar-refractivity contribution < 1.29 is 19.1 Å². The van der Waals surface area contributed by atoms with E-state index < -0.39 is 24.5 Å². The molecule has 0 spiro atoms. The van der Waals surface area contributed by atoms with Crippen molar-refractivity contribution in [3.8, 4) is 0 Å². The largest absolute Gasteiger partial charge is 0.455 e. The molecule has 0 unspecified atom stereocenters. The zero-order valence-corrected chi connectivity index (χ0v) is 12.5. The number of carbonyl (C=O) groups excluding carboxylic acids is 3. The molecular formula is C13H15BrN2O4. The normalized spacial score (nSPS) is 9.70. The van der Waals surface area contributed by atoms with Crippen LogP contribution in [0.4, 0.5) is 4.79 Å². The minimum absolute atomic E-state index is 0.0711. The molecule has 0 atom stereocenters. The molecule has 1 aromatic carbocycles. The van der Waals surface area contributed by atoms with E-state index in [-0.39, 0.29) is 6.42 Å². The monoisotopic (exact) mass is 342 g/mol. The number of carbonyl (C=O) groups is 3. The van der Waals surface area contributed by atoms with Gasteiger partial charge in [0, 0.05) is 11.0 Å². The lowest BCUT2D eigenvalue weighted by molar-refractivity contribution is -0.147. The number of nitrogens with one attached hydrogen (secondary N) is 2. The summed E-state index contributed by atoms with van der Waals surface area (Å²) in [6.45, 7) is 1.65. The van der Waals surface area contributed by atoms with Gasteiger partial charge in [-0.1, -0.05) is 28.1 Å². The molecule has 0 aliphatic carbocycles. The van der Waals surface area contributed by atoms with Crippen LogP contribution in [0.1, 0.15) is 12.5 Å². The van der Waals surface area contributed by atoms with Gasteiger partial charge in [-0.3, -0.25) is 14.9 Å². The summed E-state index contributed by atoms with van der Waals surface area (Å²) < 4.78 is 5.69. The molecule has 0 aliphatic rings. The van der Waals surface area contributed by atoms with E-state index in [4.69, 9.17) is 4.74 Å². The predicted molar refractivity (Wildman–Crippen MR) is 76.0 cm³/mol. The van der Waals surface area contributed by atoms with Gasteiger partial charge in [-0.2, -0.15) is 0 Å². The van der Waals surface area contributed by atoms with Gasteiger partial charge in [0.15, 0.2) is 6.61 Å². The van der Waals surface area contributed by atoms with E-state index in [0.717, 1.165) is 10.0 Å². The Morgan fingerprint density at radius 2 is 1.85 bits per heavy atom. The summed E-state index contributed by atoms with van der Waals surface area (Å²) in [7, 11) is 0. The Morgan fingerprint density at radius 3 is 2.45 bits per heavy atom. The second kappa shape index (κ2) is 8.31. The van der Waals surface area contributed by atoms with Gasteiger partial charge in [0.05, 0.1) is 6.42 Å². The van der Waals surface area contributed by atoms with Gasteiger partial charge in [0.1, 0.15) is 0 Å². The first kappa shape index (κ1) is 16.2. The van der Waals surface area contributed by atoms with Crippen LogP contribution in [0.25, 0.3) is 0 Å². The lowest BCUT2D eigenvalue weighted by atomic mass is 10.2. The molecule has 0 bridgehead atoms. The summed E-state index contributed by atoms with van der Waals surface area (Å²) in [5.74, 6) is -1.20. The SMILES string of the molecule is CCNC(=O)NC(=O)COC(=O)Cc1ccc(Br)cc1. The van der Waals surface area contributed by atoms with E-state index in [9.17, 15) is 14.4 Å². The summed E-state index contributed by atoms with van der Waals surface area (Å²) in [5.41, 5.74) is 0.780. The van der Waals surface area contributed by atoms with E-state index in [0.29, 0.717) is 6.54 Å². The van der Waals surface area contributed by atoms with E-state index in [1.54, 1.807) is 19.1 Å². The highest BCUT2D eigenvalue weighted by atomic mass is 79.9. The third-order valence-corrected chi connectivity index (χ3v) is 2.74. The average molecular weight is 343 g/mol. The number of imide groups is 1. The molecule has 20 heavy (non-hydrogen) atoms. The Labute approximate surface area is 125 Å². The number of ether oxygens (including phenoxy) is 1. The smallest absolute Gasteiger partial charge is 0.321 e. The lowest BCUT2D eigenvalue weighted by Gasteiger charge is -2.06. The van der Waals surface area contributed by atoms with Crippen LogP contribution in [0.2, 0.25) is 0 Å². The van der Waals surface area contributed by atoms with Crippen LogP contribution in [0.3, 0.4) is 0 Å². The van der Waals surface area contributed by atoms with Gasteiger partial charge in [0.2, 0.25) is 0 Å². The minimum atomic E-state index is -0.667. The number of rotatable bonds is 5. The van der Waals surface area contributed by atoms with Crippen molar-refractivity contribution in [3.63, 3.8) is 0 Å². The van der Waals surface area contributed by atoms with E-state index >= 15 is 0 Å². The Balaban J connectivity index is 2.31. The van der Waals surface area contributed by atoms with Crippen LogP contribution in [0.5, 0.6) is 0 Å². The van der Waals surface area contributed by atoms with Crippen LogP contribution in [-0.2, 0) is 20.7 Å². The third kappa shape index (κ3) is 6.33. The van der Waals surface area contributed by atoms with Gasteiger partial charge in [-0.05, 0) is 24.6 Å². The molecular weight excluding hydrogens is 328 g/mol. The van der Waals surface area contributed by atoms with Crippen LogP contribution in [0.15, 0.2) is 28.7 Å². The van der Waals surface area contributed by atoms with Crippen LogP contribution in [-0.4, -0.2) is 31.1 Å². The second-order valence-electron chi connectivity index (χ2n) is 3.87. The molecule has 0 aliphatic heterocycles. The molecule has 0 saturated heterocycles. The summed E-state index contributed by atoms with van der Waals surface area (Å²) in [6.07, 6.45) is 0.0711. The number of hydrogen-bond donors (Lipinski definition) is 2. The zero-order valence-electron chi connectivity index (χ0n) is 10.9. The molecule has 6 nitrogen and oxygen atoms in total. The predicted octanol–water partition coefficient (Wildman–Crippen LogP) is 1.38. The average Bonchev–Trinajstić information content (AvgIpc) is 2.39. The fourth-order valence-corrected chi connectivity index (χ4v) is 1.60. The summed E-state index contributed by atoms with van der Waals surface area (Å²) in [4.78, 5) is 33.8. The van der Waals surface area contributed by atoms with Crippen LogP contribution >= 0.6 is 15.9 Å². The first-order valence-electron chi connectivity index (χ1n) is 5.99. The van der Waals surface area contributed by atoms with Gasteiger partial charge in [0.25, 0.3) is 5.91 Å². The maximum atomic E-state index is 11.5. The van der Waals surface area contributed by atoms with Crippen molar-refractivity contribution in [2.24, 2.45) is 0 Å². The molecule has 1 rings (SSSR count). The fraction of sp³-hybridized carbons (Fsp3) is 0.308. The number of benzene rings is 1. The van der Waals surface area contributed by atoms with Crippen LogP contribution < -0.4 is 10.6 Å². The minimum Gasteiger partial charge on any atom is -0.455 e. The van der Waals surface area contributed by atoms with Crippen molar-refractivity contribution in [2.75, 3.05) is 13.2 Å². The molecule has 0 aromatic heterocycles. The standard InChI is InChI=1S/C13H15BrN2O4/c1-2-15-13(19)16-11(17)8-20-12(18)7-9-3-5-10(14)6-4-9/h3-6H,2,7-8H2,1H3,(H2,15,16,17,19). The van der Waals surface area contributed by atoms with Crippen molar-refractivity contribution in [1.82, 2.24) is 10.6 Å². The summed E-state index contributed by atoms with van der Waals surface area (Å²) in [6, 6.07) is 6.57. The van der Waals surface area contributed by atoms with Gasteiger partial charge >= 0.3 is 12.0 Å². The Hall–Kier alpha value is -1.89. The second-order valence-corrected chi connectivity index (χ2v) is 4.79. The van der Waals surface area contributed by atoms with Gasteiger partial charge in [-0.25, -0.2) is 4.79 Å². The third-order valence-electron chi connectivity index (χ3n) is 2.22. The van der Waals surface area contributed by atoms with Gasteiger partial charge in [-0.15, -0.1) is 0 Å². The highest BCUT2D eigenvalue weighted by molar-refractivity contribution is 9.10. The maximum Gasteiger partial charge on any atom is 0.321 e. The Kier molecular flexibility index (Phi) is 6.72. The lowest BCUT2D eigenvalue weighted by Crippen LogP contribution is -2.41. The van der Waals surface area contributed by atoms with E-state index in [2.05, 4.69) is 21.2 Å². The molecule has 0 heterocycles. The molecule has 0 radical (unpaired) electrons. The number of halogens is 1. The van der Waals surface area contributed by atoms with E-state index in [1.165, 1.54) is 0 Å². The molecule has 3 amide bonds. The van der Waals surface area contributed by atoms with E-state index in [1.807, 2.05) is 17.4 Å². The molecule has 2 N–H and O–H groups in total. The topological polar surface area (TPSA) is 84.5 Å². The highest BCUT2D eigenvalue weighted by Crippen LogP contribution is 2.11. The van der Waals surface area contributed by atoms with Gasteiger partial charge < -0.3 is 10.1 Å². The summed E-state index contributed by atoms with van der Waals surface area (Å²) in [5, 5.41) is 4.43. The Bertz CT molecular complexity index is 488. The number of amides is 3.